The highest BCUT2D eigenvalue weighted by Crippen LogP contribution is 2.69. The molecule has 8 bridgehead atoms. The fraction of sp³-hybridized carbons (Fsp3) is 0.517. The van der Waals surface area contributed by atoms with Gasteiger partial charge >= 0.3 is 66.1 Å². The summed E-state index contributed by atoms with van der Waals surface area (Å²) >= 11 is 1.94. The molecular weight excluding hydrogens is 1860 g/mol. The molecule has 2 unspecified atom stereocenters. The van der Waals surface area contributed by atoms with Gasteiger partial charge in [-0.25, -0.2) is 24.0 Å². The lowest BCUT2D eigenvalue weighted by atomic mass is 9.71. The molecule has 6 aromatic carbocycles. The summed E-state index contributed by atoms with van der Waals surface area (Å²) in [6.45, 7) is 8.83. The highest BCUT2D eigenvalue weighted by atomic mass is 32.2. The van der Waals surface area contributed by atoms with E-state index in [4.69, 9.17) is 66.3 Å². The normalized spacial score (nSPS) is 26.6. The quantitative estimate of drug-likeness (QED) is 0.0264. The number of likely N-dealkylation sites (N-methyl/N-ethyl adjacent to an activating group) is 2. The van der Waals surface area contributed by atoms with Crippen molar-refractivity contribution in [2.45, 2.75) is 198 Å². The Morgan fingerprint density at radius 1 is 0.496 bits per heavy atom. The molecule has 0 radical (unpaired) electrons. The maximum atomic E-state index is 15.4. The van der Waals surface area contributed by atoms with Crippen molar-refractivity contribution < 1.29 is 167 Å². The first-order valence-corrected chi connectivity index (χ1v) is 44.2. The Morgan fingerprint density at radius 2 is 0.889 bits per heavy atom. The van der Waals surface area contributed by atoms with Gasteiger partial charge in [-0.1, -0.05) is 12.1 Å². The third-order valence-electron chi connectivity index (χ3n) is 27.3. The van der Waals surface area contributed by atoms with Crippen LogP contribution in [0.2, 0.25) is 0 Å². The molecule has 5 N–H and O–H groups in total. The third kappa shape index (κ3) is 14.3. The zero-order valence-corrected chi connectivity index (χ0v) is 75.4. The predicted octanol–water partition coefficient (Wildman–Crippen LogP) is 13.2. The average molecular weight is 1950 g/mol. The Labute approximate surface area is 767 Å². The van der Waals surface area contributed by atoms with Gasteiger partial charge in [-0.3, -0.25) is 30.2 Å². The van der Waals surface area contributed by atoms with Crippen molar-refractivity contribution >= 4 is 53.6 Å². The summed E-state index contributed by atoms with van der Waals surface area (Å²) in [7, 11) is 8.75. The Morgan fingerprint density at radius 3 is 1.27 bits per heavy atom. The van der Waals surface area contributed by atoms with Crippen LogP contribution in [0.15, 0.2) is 36.4 Å². The number of hydrogen-bond acceptors (Lipinski definition) is 32. The number of benzene rings is 6. The van der Waals surface area contributed by atoms with E-state index in [1.807, 2.05) is 15.9 Å². The number of thioether (sulfide) groups is 2. The van der Waals surface area contributed by atoms with E-state index in [0.717, 1.165) is 23.5 Å². The molecule has 6 aromatic rings. The molecule has 4 fully saturated rings. The first-order valence-electron chi connectivity index (χ1n) is 42.1. The number of aryl methyl sites for hydroxylation is 2. The molecule has 30 nitrogen and oxygen atoms in total. The van der Waals surface area contributed by atoms with E-state index in [2.05, 4.69) is 22.8 Å². The monoisotopic (exact) mass is 1950 g/mol. The van der Waals surface area contributed by atoms with Crippen LogP contribution < -0.4 is 62.7 Å². The third-order valence-corrected chi connectivity index (χ3v) is 30.3. The number of aromatic hydroxyl groups is 3. The number of carbonyl (C=O) groups excluding carboxylic acids is 5. The highest BCUT2D eigenvalue weighted by molar-refractivity contribution is 7.99. The first kappa shape index (κ1) is 95.5. The van der Waals surface area contributed by atoms with Gasteiger partial charge in [0.15, 0.2) is 80.1 Å². The minimum Gasteiger partial charge on any atom is -0.504 e. The van der Waals surface area contributed by atoms with Crippen LogP contribution in [0, 0.1) is 50.4 Å². The van der Waals surface area contributed by atoms with Crippen molar-refractivity contribution in [3.05, 3.63) is 125 Å². The molecule has 14 aliphatic rings. The van der Waals surface area contributed by atoms with Crippen LogP contribution in [0.1, 0.15) is 144 Å². The SMILES string of the molecule is COc1cc2c(cc1O)CCN[C@]21CS[C@@H]2c3c(OC(=O)C(F)(F)C(F)(F)C(F)(F)F)c(C)c4c(c3[C@H](COC1=O)N1C2[C@H]2c3c(cc(C)c(OC)c3O)C[C@@H]([C@@H]1C#N)N2C)OCO4.COc1cc2c(cc1OC(=O)OC(C)(C)C)CCN[C@]21CS[C@@H]2c3c(OC(=O)C(F)(F)C(F)(F)C(F)(F)F)c(C)c4c(c3[C@H](COC1=O)N1C2[C@H]2c3c(cc(C)c(OC)c3O)C[C@@H]([C@@H]1C#N)N2C)OCO4. The number of carbonyl (C=O) groups is 5. The van der Waals surface area contributed by atoms with Gasteiger partial charge in [-0.05, 0) is 157 Å². The number of phenolic OH excluding ortho intramolecular Hbond substituents is 3. The Bertz CT molecular complexity index is 6070. The molecule has 0 saturated carbocycles. The van der Waals surface area contributed by atoms with Crippen molar-refractivity contribution in [3.63, 3.8) is 0 Å². The van der Waals surface area contributed by atoms with Crippen molar-refractivity contribution in [2.24, 2.45) is 0 Å². The molecule has 14 aliphatic heterocycles. The van der Waals surface area contributed by atoms with Crippen LogP contribution in [0.25, 0.3) is 0 Å². The first-order chi connectivity index (χ1) is 63.4. The van der Waals surface area contributed by atoms with E-state index in [1.54, 1.807) is 64.6 Å². The van der Waals surface area contributed by atoms with E-state index in [9.17, 15) is 88.9 Å². The number of rotatable bonds is 11. The fourth-order valence-corrected chi connectivity index (χ4v) is 24.8. The maximum absolute atomic E-state index is 15.4. The van der Waals surface area contributed by atoms with Crippen LogP contribution >= 0.6 is 23.5 Å². The Balaban J connectivity index is 0.000000189. The van der Waals surface area contributed by atoms with Gasteiger partial charge in [-0.2, -0.15) is 72.0 Å². The fourth-order valence-electron chi connectivity index (χ4n) is 21.4. The van der Waals surface area contributed by atoms with E-state index >= 15 is 22.4 Å². The average Bonchev–Trinajstić information content (AvgIpc) is 1.53. The Kier molecular flexibility index (Phi) is 23.5. The number of nitrogens with one attached hydrogen (secondary N) is 2. The minimum absolute atomic E-state index is 0.00456. The van der Waals surface area contributed by atoms with Crippen LogP contribution in [-0.4, -0.2) is 237 Å². The molecule has 4 saturated heterocycles. The number of nitriles is 2. The molecule has 0 aromatic heterocycles. The second-order valence-electron chi connectivity index (χ2n) is 35.6. The van der Waals surface area contributed by atoms with Crippen LogP contribution in [0.3, 0.4) is 0 Å². The number of methoxy groups -OCH3 is 4. The number of hydrogen-bond donors (Lipinski definition) is 5. The molecular formula is C89H86F14N8O22S2. The number of nitrogens with zero attached hydrogens (tertiary/aromatic N) is 6. The number of piperazine rings is 2. The number of esters is 4. The lowest BCUT2D eigenvalue weighted by Gasteiger charge is -2.62. The zero-order chi connectivity index (χ0) is 97.8. The van der Waals surface area contributed by atoms with Gasteiger partial charge in [0, 0.05) is 93.3 Å². The van der Waals surface area contributed by atoms with E-state index in [-0.39, 0.29) is 146 Å². The molecule has 14 atom stereocenters. The summed E-state index contributed by atoms with van der Waals surface area (Å²) in [5.74, 6) is -38.2. The van der Waals surface area contributed by atoms with Crippen LogP contribution in [0.4, 0.5) is 66.3 Å². The summed E-state index contributed by atoms with van der Waals surface area (Å²) < 4.78 is 280. The molecule has 14 heterocycles. The molecule has 0 aliphatic carbocycles. The van der Waals surface area contributed by atoms with Crippen molar-refractivity contribution in [1.29, 1.82) is 10.5 Å². The summed E-state index contributed by atoms with van der Waals surface area (Å²) in [5.41, 5.74) is -0.691. The van der Waals surface area contributed by atoms with E-state index in [0.29, 0.717) is 62.1 Å². The second kappa shape index (κ2) is 33.3. The van der Waals surface area contributed by atoms with E-state index < -0.39 is 192 Å². The van der Waals surface area contributed by atoms with Crippen molar-refractivity contribution in [3.8, 4) is 92.6 Å². The molecule has 46 heteroatoms. The standard InChI is InChI=1S/C47H47F7N4O12S.C42H39F7N4O10S/c1-19-11-22-12-24-25(15-55)58-26-16-65-40(60)44(23-14-27(63-7)28(13-21(23)9-10-56-44)68-42(62)70-43(3,4)5)17-71-39(33(58)32(57(24)6)29(22)34(59)35(19)64-8)31-30(26)38-37(66-18-67-38)20(2)36(31)69-41(61)45(48,49)46(50,51)47(52,53)54;1-16-8-19-9-21-22(12-50)53-23-13-60-37(56)39(20-11-25(58-4)24(54)10-18(20)6-7-51-39)14-64-36(30(53)29(52(21)3)26(19)31(55)32(16)59-5)28-27(23)35-34(61-15-62-35)17(2)33(28)63-38(57)40(43,44)41(45,46)42(47,48)49/h11,13-14,24-26,32-33,39,56,59H,9-10,12,16-18H2,1-8H3;8,10-11,21-23,29-30,36,51,54-55H,6-7,9,13-15H2,1-5H3/t24-,25-,26-,32+,33?,39+,44+;21-,22-,23-,29+,30?,36+,39+/m00/s1. The van der Waals surface area contributed by atoms with Crippen molar-refractivity contribution in [2.75, 3.05) is 93.9 Å². The molecule has 0 amide bonds. The summed E-state index contributed by atoms with van der Waals surface area (Å²) in [4.78, 5) is 76.7. The van der Waals surface area contributed by atoms with Crippen LogP contribution in [0.5, 0.6) is 80.5 Å². The topological polar surface area (TPSA) is 360 Å². The van der Waals surface area contributed by atoms with E-state index in [1.165, 1.54) is 66.6 Å². The highest BCUT2D eigenvalue weighted by Gasteiger charge is 2.79. The molecule has 20 rings (SSSR count). The lowest BCUT2D eigenvalue weighted by Crippen LogP contribution is -2.69. The van der Waals surface area contributed by atoms with Crippen molar-refractivity contribution in [1.82, 2.24) is 30.2 Å². The van der Waals surface area contributed by atoms with Gasteiger partial charge in [0.25, 0.3) is 0 Å². The number of phenols is 3. The van der Waals surface area contributed by atoms with Gasteiger partial charge in [-0.15, -0.1) is 23.5 Å². The second-order valence-corrected chi connectivity index (χ2v) is 37.9. The number of ether oxygens (including phenoxy) is 14. The maximum Gasteiger partial charge on any atom is 0.514 e. The number of alkyl halides is 14. The minimum atomic E-state index is -6.89. The Hall–Kier alpha value is -11.3. The smallest absolute Gasteiger partial charge is 0.504 e. The molecule has 2 spiro atoms. The molecule has 135 heavy (non-hydrogen) atoms. The summed E-state index contributed by atoms with van der Waals surface area (Å²) in [6.07, 6.45) is -13.8. The zero-order valence-electron chi connectivity index (χ0n) is 73.8. The predicted molar refractivity (Wildman–Crippen MR) is 442 cm³/mol. The number of fused-ring (bicyclic) bond motifs is 18. The summed E-state index contributed by atoms with van der Waals surface area (Å²) in [6, 6.07) is 4.15. The van der Waals surface area contributed by atoms with Gasteiger partial charge < -0.3 is 81.6 Å². The van der Waals surface area contributed by atoms with Gasteiger partial charge in [0.1, 0.15) is 42.4 Å². The summed E-state index contributed by atoms with van der Waals surface area (Å²) in [5, 5.41) is 61.2. The van der Waals surface area contributed by atoms with Gasteiger partial charge in [0.05, 0.1) is 75.2 Å². The van der Waals surface area contributed by atoms with Gasteiger partial charge in [0.2, 0.25) is 13.6 Å². The van der Waals surface area contributed by atoms with Crippen LogP contribution in [-0.2, 0) is 70.1 Å². The lowest BCUT2D eigenvalue weighted by molar-refractivity contribution is -0.346. The largest absolute Gasteiger partial charge is 0.514 e. The number of halogens is 14. The molecule has 724 valence electrons.